The Bertz CT molecular complexity index is 762. The Labute approximate surface area is 123 Å². The van der Waals surface area contributed by atoms with E-state index in [0.29, 0.717) is 0 Å². The van der Waals surface area contributed by atoms with Crippen molar-refractivity contribution in [3.63, 3.8) is 0 Å². The van der Waals surface area contributed by atoms with Crippen LogP contribution in [-0.2, 0) is 6.54 Å². The fourth-order valence-electron chi connectivity index (χ4n) is 2.30. The number of nitrogens with zero attached hydrogens (tertiary/aromatic N) is 1. The summed E-state index contributed by atoms with van der Waals surface area (Å²) in [5, 5.41) is 4.21. The Morgan fingerprint density at radius 3 is 2.80 bits per heavy atom. The van der Waals surface area contributed by atoms with Gasteiger partial charge in [-0.3, -0.25) is 0 Å². The number of aromatic amines is 1. The fourth-order valence-corrected chi connectivity index (χ4v) is 2.53. The third kappa shape index (κ3) is 2.63. The number of H-pyrrole nitrogens is 1. The smallest absolute Gasteiger partial charge is 0.104 e. The second kappa shape index (κ2) is 5.17. The van der Waals surface area contributed by atoms with Gasteiger partial charge in [-0.2, -0.15) is 0 Å². The van der Waals surface area contributed by atoms with Crippen molar-refractivity contribution < 1.29 is 0 Å². The van der Waals surface area contributed by atoms with Crippen LogP contribution in [-0.4, -0.2) is 9.97 Å². The van der Waals surface area contributed by atoms with Crippen LogP contribution in [0.4, 0.5) is 5.69 Å². The van der Waals surface area contributed by atoms with Crippen LogP contribution in [0.3, 0.4) is 0 Å². The maximum Gasteiger partial charge on any atom is 0.104 e. The van der Waals surface area contributed by atoms with Crippen molar-refractivity contribution in [2.75, 3.05) is 5.32 Å². The van der Waals surface area contributed by atoms with Gasteiger partial charge in [0.05, 0.1) is 11.0 Å². The van der Waals surface area contributed by atoms with E-state index in [1.807, 2.05) is 31.2 Å². The topological polar surface area (TPSA) is 40.7 Å². The first-order chi connectivity index (χ1) is 9.61. The minimum atomic E-state index is 0.778. The predicted octanol–water partition coefficient (Wildman–Crippen LogP) is 4.45. The van der Waals surface area contributed by atoms with Gasteiger partial charge in [-0.05, 0) is 55.3 Å². The van der Waals surface area contributed by atoms with Crippen molar-refractivity contribution in [2.24, 2.45) is 0 Å². The molecule has 1 heterocycles. The minimum Gasteiger partial charge on any atom is -0.381 e. The second-order valence-electron chi connectivity index (χ2n) is 4.98. The van der Waals surface area contributed by atoms with Gasteiger partial charge in [0.25, 0.3) is 0 Å². The van der Waals surface area contributed by atoms with E-state index in [0.717, 1.165) is 34.1 Å². The molecule has 3 aromatic rings. The van der Waals surface area contributed by atoms with Crippen molar-refractivity contribution in [1.82, 2.24) is 9.97 Å². The van der Waals surface area contributed by atoms with Crippen LogP contribution >= 0.6 is 11.6 Å². The average Bonchev–Trinajstić information content (AvgIpc) is 2.77. The molecule has 0 aliphatic heterocycles. The zero-order valence-corrected chi connectivity index (χ0v) is 12.3. The highest BCUT2D eigenvalue weighted by molar-refractivity contribution is 6.30. The van der Waals surface area contributed by atoms with Gasteiger partial charge in [0.15, 0.2) is 0 Å². The number of rotatable bonds is 3. The van der Waals surface area contributed by atoms with Gasteiger partial charge in [-0.1, -0.05) is 17.7 Å². The summed E-state index contributed by atoms with van der Waals surface area (Å²) in [5.74, 6) is 0.936. The molecule has 1 aromatic heterocycles. The summed E-state index contributed by atoms with van der Waals surface area (Å²) in [6.07, 6.45) is 0. The summed E-state index contributed by atoms with van der Waals surface area (Å²) in [7, 11) is 0. The summed E-state index contributed by atoms with van der Waals surface area (Å²) in [5.41, 5.74) is 5.57. The van der Waals surface area contributed by atoms with E-state index in [9.17, 15) is 0 Å². The molecule has 2 aromatic carbocycles. The molecule has 3 nitrogen and oxygen atoms in total. The number of imidazole rings is 1. The first-order valence-electron chi connectivity index (χ1n) is 6.57. The third-order valence-electron chi connectivity index (χ3n) is 3.39. The SMILES string of the molecule is Cc1nc2ccc(NCc3ccc(Cl)cc3C)cc2[nH]1. The lowest BCUT2D eigenvalue weighted by atomic mass is 10.1. The van der Waals surface area contributed by atoms with Gasteiger partial charge >= 0.3 is 0 Å². The number of aromatic nitrogens is 2. The normalized spacial score (nSPS) is 10.9. The Balaban J connectivity index is 1.79. The average molecular weight is 286 g/mol. The highest BCUT2D eigenvalue weighted by atomic mass is 35.5. The first-order valence-corrected chi connectivity index (χ1v) is 6.95. The van der Waals surface area contributed by atoms with E-state index in [1.54, 1.807) is 0 Å². The Morgan fingerprint density at radius 1 is 1.15 bits per heavy atom. The standard InChI is InChI=1S/C16H16ClN3/c1-10-7-13(17)4-3-12(10)9-18-14-5-6-15-16(8-14)20-11(2)19-15/h3-8,18H,9H2,1-2H3,(H,19,20). The Kier molecular flexibility index (Phi) is 3.36. The molecular formula is C16H16ClN3. The molecule has 2 N–H and O–H groups in total. The number of hydrogen-bond acceptors (Lipinski definition) is 2. The van der Waals surface area contributed by atoms with E-state index in [2.05, 4.69) is 34.3 Å². The highest BCUT2D eigenvalue weighted by Gasteiger charge is 2.02. The molecule has 0 aliphatic carbocycles. The number of fused-ring (bicyclic) bond motifs is 1. The second-order valence-corrected chi connectivity index (χ2v) is 5.41. The van der Waals surface area contributed by atoms with E-state index >= 15 is 0 Å². The first kappa shape index (κ1) is 13.0. The van der Waals surface area contributed by atoms with Crippen molar-refractivity contribution >= 4 is 28.3 Å². The molecule has 0 fully saturated rings. The fraction of sp³-hybridized carbons (Fsp3) is 0.188. The van der Waals surface area contributed by atoms with Crippen LogP contribution in [0, 0.1) is 13.8 Å². The molecule has 0 saturated heterocycles. The number of anilines is 1. The van der Waals surface area contributed by atoms with E-state index in [4.69, 9.17) is 11.6 Å². The van der Waals surface area contributed by atoms with Crippen molar-refractivity contribution in [1.29, 1.82) is 0 Å². The molecule has 0 atom stereocenters. The monoisotopic (exact) mass is 285 g/mol. The Morgan fingerprint density at radius 2 is 2.00 bits per heavy atom. The summed E-state index contributed by atoms with van der Waals surface area (Å²) in [6.45, 7) is 4.82. The van der Waals surface area contributed by atoms with Gasteiger partial charge in [0.1, 0.15) is 5.82 Å². The lowest BCUT2D eigenvalue weighted by molar-refractivity contribution is 1.12. The zero-order valence-electron chi connectivity index (χ0n) is 11.5. The lowest BCUT2D eigenvalue weighted by Gasteiger charge is -2.09. The van der Waals surface area contributed by atoms with Gasteiger partial charge in [-0.25, -0.2) is 4.98 Å². The molecule has 0 aliphatic rings. The van der Waals surface area contributed by atoms with E-state index < -0.39 is 0 Å². The molecule has 20 heavy (non-hydrogen) atoms. The van der Waals surface area contributed by atoms with Gasteiger partial charge in [-0.15, -0.1) is 0 Å². The van der Waals surface area contributed by atoms with Crippen LogP contribution in [0.15, 0.2) is 36.4 Å². The van der Waals surface area contributed by atoms with E-state index in [1.165, 1.54) is 11.1 Å². The van der Waals surface area contributed by atoms with Gasteiger partial charge < -0.3 is 10.3 Å². The van der Waals surface area contributed by atoms with Gasteiger partial charge in [0.2, 0.25) is 0 Å². The summed E-state index contributed by atoms with van der Waals surface area (Å²) in [4.78, 5) is 7.65. The molecule has 0 unspecified atom stereocenters. The maximum atomic E-state index is 5.97. The predicted molar refractivity (Wildman–Crippen MR) is 84.3 cm³/mol. The summed E-state index contributed by atoms with van der Waals surface area (Å²) in [6, 6.07) is 12.1. The molecule has 3 rings (SSSR count). The number of aryl methyl sites for hydroxylation is 2. The molecule has 0 spiro atoms. The number of hydrogen-bond donors (Lipinski definition) is 2. The Hall–Kier alpha value is -2.00. The zero-order chi connectivity index (χ0) is 14.1. The highest BCUT2D eigenvalue weighted by Crippen LogP contribution is 2.19. The largest absolute Gasteiger partial charge is 0.381 e. The molecule has 0 radical (unpaired) electrons. The number of halogens is 1. The van der Waals surface area contributed by atoms with Crippen molar-refractivity contribution in [3.05, 3.63) is 58.4 Å². The summed E-state index contributed by atoms with van der Waals surface area (Å²) >= 11 is 5.97. The molecule has 4 heteroatoms. The quantitative estimate of drug-likeness (QED) is 0.746. The molecular weight excluding hydrogens is 270 g/mol. The van der Waals surface area contributed by atoms with Crippen LogP contribution in [0.25, 0.3) is 11.0 Å². The summed E-state index contributed by atoms with van der Waals surface area (Å²) < 4.78 is 0. The molecule has 0 bridgehead atoms. The van der Waals surface area contributed by atoms with E-state index in [-0.39, 0.29) is 0 Å². The third-order valence-corrected chi connectivity index (χ3v) is 3.62. The van der Waals surface area contributed by atoms with Crippen LogP contribution in [0.2, 0.25) is 5.02 Å². The van der Waals surface area contributed by atoms with Crippen LogP contribution in [0.5, 0.6) is 0 Å². The minimum absolute atomic E-state index is 0.778. The molecule has 0 amide bonds. The van der Waals surface area contributed by atoms with Crippen LogP contribution in [0.1, 0.15) is 17.0 Å². The molecule has 102 valence electrons. The van der Waals surface area contributed by atoms with Gasteiger partial charge in [0, 0.05) is 17.3 Å². The van der Waals surface area contributed by atoms with Crippen LogP contribution < -0.4 is 5.32 Å². The maximum absolute atomic E-state index is 5.97. The number of benzene rings is 2. The van der Waals surface area contributed by atoms with Crippen molar-refractivity contribution in [3.8, 4) is 0 Å². The molecule has 0 saturated carbocycles. The number of nitrogens with one attached hydrogen (secondary N) is 2. The van der Waals surface area contributed by atoms with Crippen molar-refractivity contribution in [2.45, 2.75) is 20.4 Å². The lowest BCUT2D eigenvalue weighted by Crippen LogP contribution is -2.01.